The molecule has 7 heteroatoms. The Morgan fingerprint density at radius 3 is 2.45 bits per heavy atom. The first-order valence-electron chi connectivity index (χ1n) is 10.7. The van der Waals surface area contributed by atoms with Crippen LogP contribution in [0, 0.1) is 0 Å². The quantitative estimate of drug-likeness (QED) is 0.652. The van der Waals surface area contributed by atoms with Crippen LogP contribution in [0.5, 0.6) is 5.75 Å². The number of hydrogen-bond acceptors (Lipinski definition) is 3. The molecule has 2 aromatic carbocycles. The highest BCUT2D eigenvalue weighted by Gasteiger charge is 2.59. The number of amides is 2. The molecule has 2 aromatic rings. The highest BCUT2D eigenvalue weighted by Crippen LogP contribution is 2.57. The number of hydrogen-bond donors (Lipinski definition) is 0. The van der Waals surface area contributed by atoms with Crippen molar-refractivity contribution in [1.29, 1.82) is 0 Å². The zero-order valence-corrected chi connectivity index (χ0v) is 18.9. The molecule has 2 aliphatic heterocycles. The summed E-state index contributed by atoms with van der Waals surface area (Å²) in [5, 5.41) is 0.989. The van der Waals surface area contributed by atoms with Crippen LogP contribution < -0.4 is 9.64 Å². The van der Waals surface area contributed by atoms with E-state index in [0.717, 1.165) is 49.0 Å². The summed E-state index contributed by atoms with van der Waals surface area (Å²) in [5.41, 5.74) is 2.18. The van der Waals surface area contributed by atoms with Crippen LogP contribution in [-0.2, 0) is 21.5 Å². The third kappa shape index (κ3) is 3.21. The Labute approximate surface area is 191 Å². The van der Waals surface area contributed by atoms with Crippen molar-refractivity contribution >= 4 is 40.7 Å². The Morgan fingerprint density at radius 1 is 1.06 bits per heavy atom. The molecule has 1 saturated carbocycles. The Kier molecular flexibility index (Phi) is 5.14. The van der Waals surface area contributed by atoms with Crippen LogP contribution in [0.4, 0.5) is 5.69 Å². The van der Waals surface area contributed by atoms with Crippen LogP contribution in [0.15, 0.2) is 36.4 Å². The number of carbonyl (C=O) groups is 2. The predicted molar refractivity (Wildman–Crippen MR) is 121 cm³/mol. The highest BCUT2D eigenvalue weighted by atomic mass is 35.5. The molecule has 162 valence electrons. The molecule has 3 aliphatic rings. The number of methoxy groups -OCH3 is 1. The molecule has 1 spiro atoms. The van der Waals surface area contributed by atoms with Crippen LogP contribution in [-0.4, -0.2) is 36.4 Å². The van der Waals surface area contributed by atoms with Gasteiger partial charge in [-0.2, -0.15) is 0 Å². The molecule has 1 unspecified atom stereocenters. The monoisotopic (exact) mass is 458 g/mol. The van der Waals surface area contributed by atoms with E-state index in [2.05, 4.69) is 0 Å². The molecule has 1 saturated heterocycles. The van der Waals surface area contributed by atoms with Gasteiger partial charge in [0.2, 0.25) is 11.8 Å². The number of piperazine rings is 1. The van der Waals surface area contributed by atoms with E-state index in [1.165, 1.54) is 0 Å². The van der Waals surface area contributed by atoms with E-state index in [1.807, 2.05) is 30.3 Å². The fourth-order valence-electron chi connectivity index (χ4n) is 5.63. The lowest BCUT2D eigenvalue weighted by Gasteiger charge is -2.45. The highest BCUT2D eigenvalue weighted by molar-refractivity contribution is 6.37. The fourth-order valence-corrected chi connectivity index (χ4v) is 6.21. The molecule has 0 radical (unpaired) electrons. The molecule has 2 fully saturated rings. The smallest absolute Gasteiger partial charge is 0.247 e. The number of halogens is 2. The maximum absolute atomic E-state index is 13.8. The maximum Gasteiger partial charge on any atom is 0.247 e. The number of ether oxygens (including phenoxy) is 1. The minimum Gasteiger partial charge on any atom is -0.497 e. The lowest BCUT2D eigenvalue weighted by atomic mass is 9.66. The van der Waals surface area contributed by atoms with Gasteiger partial charge in [0.05, 0.1) is 17.8 Å². The van der Waals surface area contributed by atoms with Crippen molar-refractivity contribution < 1.29 is 14.3 Å². The van der Waals surface area contributed by atoms with Crippen LogP contribution in [0.1, 0.15) is 43.2 Å². The normalized spacial score (nSPS) is 22.0. The molecule has 0 bridgehead atoms. The summed E-state index contributed by atoms with van der Waals surface area (Å²) in [5.74, 6) is 0.654. The van der Waals surface area contributed by atoms with Crippen LogP contribution in [0.3, 0.4) is 0 Å². The lowest BCUT2D eigenvalue weighted by molar-refractivity contribution is -0.144. The average Bonchev–Trinajstić information content (AvgIpc) is 3.03. The van der Waals surface area contributed by atoms with Crippen molar-refractivity contribution in [1.82, 2.24) is 4.90 Å². The minimum absolute atomic E-state index is 0.0132. The third-order valence-electron chi connectivity index (χ3n) is 7.01. The van der Waals surface area contributed by atoms with E-state index in [0.29, 0.717) is 22.3 Å². The van der Waals surface area contributed by atoms with Gasteiger partial charge in [-0.05, 0) is 48.2 Å². The van der Waals surface area contributed by atoms with Crippen LogP contribution in [0.2, 0.25) is 10.0 Å². The molecular weight excluding hydrogens is 435 g/mol. The van der Waals surface area contributed by atoms with Gasteiger partial charge < -0.3 is 9.64 Å². The summed E-state index contributed by atoms with van der Waals surface area (Å²) in [6.45, 7) is 0.426. The molecule has 0 aromatic heterocycles. The van der Waals surface area contributed by atoms with E-state index in [-0.39, 0.29) is 18.4 Å². The lowest BCUT2D eigenvalue weighted by Crippen LogP contribution is -2.63. The van der Waals surface area contributed by atoms with Crippen molar-refractivity contribution in [2.75, 3.05) is 18.6 Å². The molecule has 2 amide bonds. The Bertz CT molecular complexity index is 1050. The molecule has 0 N–H and O–H groups in total. The van der Waals surface area contributed by atoms with Crippen molar-refractivity contribution in [2.45, 2.75) is 50.1 Å². The van der Waals surface area contributed by atoms with Gasteiger partial charge in [0.25, 0.3) is 0 Å². The van der Waals surface area contributed by atoms with E-state index in [9.17, 15) is 9.59 Å². The number of benzene rings is 2. The molecule has 5 nitrogen and oxygen atoms in total. The zero-order valence-electron chi connectivity index (χ0n) is 17.4. The SMILES string of the molecule is COc1ccc(CN2CC(=O)N3c4c(Cl)cc(Cl)cc4C4(CCCCC4)C3C2=O)cc1. The first kappa shape index (κ1) is 20.7. The molecular formula is C24H24Cl2N2O3. The second kappa shape index (κ2) is 7.72. The van der Waals surface area contributed by atoms with Crippen molar-refractivity contribution in [3.05, 3.63) is 57.6 Å². The second-order valence-corrected chi connectivity index (χ2v) is 9.55. The van der Waals surface area contributed by atoms with Gasteiger partial charge in [-0.15, -0.1) is 0 Å². The van der Waals surface area contributed by atoms with Crippen molar-refractivity contribution in [3.8, 4) is 5.75 Å². The predicted octanol–water partition coefficient (Wildman–Crippen LogP) is 4.96. The van der Waals surface area contributed by atoms with Gasteiger partial charge >= 0.3 is 0 Å². The second-order valence-electron chi connectivity index (χ2n) is 8.71. The summed E-state index contributed by atoms with van der Waals surface area (Å²) in [4.78, 5) is 30.6. The number of anilines is 1. The van der Waals surface area contributed by atoms with E-state index in [1.54, 1.807) is 23.0 Å². The number of rotatable bonds is 3. The fraction of sp³-hybridized carbons (Fsp3) is 0.417. The van der Waals surface area contributed by atoms with E-state index in [4.69, 9.17) is 27.9 Å². The van der Waals surface area contributed by atoms with E-state index < -0.39 is 11.5 Å². The maximum atomic E-state index is 13.8. The molecule has 31 heavy (non-hydrogen) atoms. The molecule has 1 atom stereocenters. The standard InChI is InChI=1S/C24H24Cl2N2O3/c1-31-17-7-5-15(6-8-17)13-27-14-20(29)28-21-18(11-16(25)12-19(21)26)24(22(28)23(27)30)9-3-2-4-10-24/h5-8,11-12,22H,2-4,9-10,13-14H2,1H3. The summed E-state index contributed by atoms with van der Waals surface area (Å²) in [6, 6.07) is 10.6. The Morgan fingerprint density at radius 2 is 1.77 bits per heavy atom. The molecule has 5 rings (SSSR count). The number of carbonyl (C=O) groups excluding carboxylic acids is 2. The van der Waals surface area contributed by atoms with Gasteiger partial charge in [-0.1, -0.05) is 54.6 Å². The summed E-state index contributed by atoms with van der Waals surface area (Å²) in [6.07, 6.45) is 4.89. The van der Waals surface area contributed by atoms with Crippen LogP contribution >= 0.6 is 23.2 Å². The topological polar surface area (TPSA) is 49.9 Å². The Hall–Kier alpha value is -2.24. The van der Waals surface area contributed by atoms with E-state index >= 15 is 0 Å². The average molecular weight is 459 g/mol. The van der Waals surface area contributed by atoms with Crippen molar-refractivity contribution in [2.24, 2.45) is 0 Å². The first-order valence-corrected chi connectivity index (χ1v) is 11.4. The van der Waals surface area contributed by atoms with Gasteiger partial charge in [0, 0.05) is 17.0 Å². The summed E-state index contributed by atoms with van der Waals surface area (Å²) in [7, 11) is 1.62. The van der Waals surface area contributed by atoms with Crippen molar-refractivity contribution in [3.63, 3.8) is 0 Å². The molecule has 1 aliphatic carbocycles. The van der Waals surface area contributed by atoms with Crippen LogP contribution in [0.25, 0.3) is 0 Å². The first-order chi connectivity index (χ1) is 14.9. The summed E-state index contributed by atoms with van der Waals surface area (Å²) >= 11 is 13.0. The summed E-state index contributed by atoms with van der Waals surface area (Å²) < 4.78 is 5.22. The number of nitrogens with zero attached hydrogens (tertiary/aromatic N) is 2. The van der Waals surface area contributed by atoms with Gasteiger partial charge in [-0.25, -0.2) is 0 Å². The zero-order chi connectivity index (χ0) is 21.8. The molecule has 2 heterocycles. The number of fused-ring (bicyclic) bond motifs is 5. The third-order valence-corrected chi connectivity index (χ3v) is 7.51. The van der Waals surface area contributed by atoms with Gasteiger partial charge in [0.1, 0.15) is 18.3 Å². The largest absolute Gasteiger partial charge is 0.497 e. The Balaban J connectivity index is 1.55. The van der Waals surface area contributed by atoms with Gasteiger partial charge in [-0.3, -0.25) is 14.5 Å². The van der Waals surface area contributed by atoms with Gasteiger partial charge in [0.15, 0.2) is 0 Å². The minimum atomic E-state index is -0.557.